The molecule has 3 fully saturated rings. The molecule has 0 heterocycles. The van der Waals surface area contributed by atoms with Crippen LogP contribution in [0.2, 0.25) is 0 Å². The Morgan fingerprint density at radius 1 is 1.16 bits per heavy atom. The fourth-order valence-corrected chi connectivity index (χ4v) is 7.90. The molecule has 5 nitrogen and oxygen atoms in total. The van der Waals surface area contributed by atoms with Gasteiger partial charge in [0.2, 0.25) is 0 Å². The van der Waals surface area contributed by atoms with Crippen molar-refractivity contribution in [1.29, 1.82) is 0 Å². The highest BCUT2D eigenvalue weighted by Crippen LogP contribution is 2.68. The first-order valence-corrected chi connectivity index (χ1v) is 12.5. The Morgan fingerprint density at radius 3 is 2.50 bits per heavy atom. The minimum absolute atomic E-state index is 0.00302. The molecule has 4 aliphatic carbocycles. The van der Waals surface area contributed by atoms with E-state index in [1.165, 1.54) is 5.57 Å². The monoisotopic (exact) mass is 446 g/mol. The molecule has 5 heteroatoms. The van der Waals surface area contributed by atoms with E-state index in [4.69, 9.17) is 0 Å². The third-order valence-corrected chi connectivity index (χ3v) is 9.89. The third kappa shape index (κ3) is 3.55. The first-order chi connectivity index (χ1) is 14.7. The summed E-state index contributed by atoms with van der Waals surface area (Å²) in [5.41, 5.74) is -0.309. The number of allylic oxidation sites excluding steroid dienone is 3. The van der Waals surface area contributed by atoms with Gasteiger partial charge in [0.25, 0.3) is 0 Å². The molecule has 0 saturated heterocycles. The molecule has 4 aliphatic rings. The Balaban J connectivity index is 1.65. The van der Waals surface area contributed by atoms with E-state index in [-0.39, 0.29) is 29.0 Å². The van der Waals surface area contributed by atoms with Gasteiger partial charge in [0.1, 0.15) is 0 Å². The number of aliphatic hydroxyl groups excluding tert-OH is 2. The number of hydrogen-bond donors (Lipinski definition) is 4. The average Bonchev–Trinajstić information content (AvgIpc) is 2.95. The van der Waals surface area contributed by atoms with Gasteiger partial charge in [-0.1, -0.05) is 25.5 Å². The minimum Gasteiger partial charge on any atom is -0.390 e. The number of fused-ring (bicyclic) bond motifs is 5. The van der Waals surface area contributed by atoms with E-state index in [0.717, 1.165) is 31.3 Å². The first-order valence-electron chi connectivity index (χ1n) is 12.5. The zero-order valence-electron chi connectivity index (χ0n) is 20.4. The van der Waals surface area contributed by atoms with Gasteiger partial charge in [0.15, 0.2) is 5.78 Å². The molecule has 4 N–H and O–H groups in total. The van der Waals surface area contributed by atoms with Crippen LogP contribution in [-0.4, -0.2) is 49.6 Å². The van der Waals surface area contributed by atoms with Gasteiger partial charge in [-0.05, 0) is 101 Å². The van der Waals surface area contributed by atoms with Gasteiger partial charge in [-0.2, -0.15) is 0 Å². The number of rotatable bonds is 4. The van der Waals surface area contributed by atoms with E-state index in [0.29, 0.717) is 25.7 Å². The van der Waals surface area contributed by atoms with E-state index >= 15 is 0 Å². The van der Waals surface area contributed by atoms with Crippen molar-refractivity contribution in [2.45, 2.75) is 109 Å². The maximum Gasteiger partial charge on any atom is 0.159 e. The van der Waals surface area contributed by atoms with Crippen LogP contribution in [0.25, 0.3) is 0 Å². The number of aliphatic hydroxyl groups is 4. The van der Waals surface area contributed by atoms with Crippen molar-refractivity contribution < 1.29 is 25.2 Å². The maximum atomic E-state index is 13.2. The van der Waals surface area contributed by atoms with Gasteiger partial charge in [0, 0.05) is 11.3 Å². The molecule has 0 spiro atoms. The molecule has 8 atom stereocenters. The van der Waals surface area contributed by atoms with Gasteiger partial charge in [-0.25, -0.2) is 0 Å². The standard InChI is InChI=1S/C27H42O5/c1-16(7-6-10-24(2,3)31)17-9-12-27(32)19-13-21(28)20-14-22(29)23(30)15-25(20,4)18(19)8-11-26(17,27)5/h7,13,17-18,20,22-23,29-32H,6,8-12,14-15H2,1-5H3/b16-7+/t17-,18+,20+,22-,23+,25-,26-,27-/m1/s1. The van der Waals surface area contributed by atoms with Crippen LogP contribution in [0.15, 0.2) is 23.3 Å². The SMILES string of the molecule is C/C(=C\CCC(C)(C)O)[C@H]1CC[C@@]2(O)C3=CC(=O)[C@@H]4C[C@@H](O)[C@@H](O)C[C@]4(C)[C@H]3CC[C@]12C. The second kappa shape index (κ2) is 7.76. The average molecular weight is 447 g/mol. The number of hydrogen-bond acceptors (Lipinski definition) is 5. The van der Waals surface area contributed by atoms with Crippen molar-refractivity contribution in [3.05, 3.63) is 23.3 Å². The topological polar surface area (TPSA) is 98.0 Å². The first kappa shape index (κ1) is 24.1. The van der Waals surface area contributed by atoms with Gasteiger partial charge in [-0.3, -0.25) is 4.79 Å². The zero-order valence-corrected chi connectivity index (χ0v) is 20.4. The van der Waals surface area contributed by atoms with Gasteiger partial charge in [0.05, 0.1) is 23.4 Å². The Labute approximate surface area is 192 Å². The van der Waals surface area contributed by atoms with E-state index in [2.05, 4.69) is 26.8 Å². The molecular formula is C27H42O5. The summed E-state index contributed by atoms with van der Waals surface area (Å²) in [6.45, 7) is 10.1. The fourth-order valence-electron chi connectivity index (χ4n) is 7.90. The van der Waals surface area contributed by atoms with E-state index in [9.17, 15) is 25.2 Å². The molecule has 3 saturated carbocycles. The Hall–Kier alpha value is -1.01. The molecule has 32 heavy (non-hydrogen) atoms. The summed E-state index contributed by atoms with van der Waals surface area (Å²) < 4.78 is 0. The molecule has 0 aromatic carbocycles. The minimum atomic E-state index is -1.02. The van der Waals surface area contributed by atoms with Crippen molar-refractivity contribution in [1.82, 2.24) is 0 Å². The highest BCUT2D eigenvalue weighted by atomic mass is 16.3. The Bertz CT molecular complexity index is 837. The lowest BCUT2D eigenvalue weighted by molar-refractivity contribution is -0.151. The largest absolute Gasteiger partial charge is 0.390 e. The predicted molar refractivity (Wildman–Crippen MR) is 124 cm³/mol. The van der Waals surface area contributed by atoms with Crippen LogP contribution in [0.3, 0.4) is 0 Å². The lowest BCUT2D eigenvalue weighted by Gasteiger charge is -2.60. The fraction of sp³-hybridized carbons (Fsp3) is 0.815. The summed E-state index contributed by atoms with van der Waals surface area (Å²) in [6, 6.07) is 0. The van der Waals surface area contributed by atoms with Gasteiger partial charge < -0.3 is 20.4 Å². The number of carbonyl (C=O) groups excluding carboxylic acids is 1. The van der Waals surface area contributed by atoms with Crippen molar-refractivity contribution in [3.8, 4) is 0 Å². The van der Waals surface area contributed by atoms with Crippen molar-refractivity contribution in [3.63, 3.8) is 0 Å². The van der Waals surface area contributed by atoms with E-state index in [1.807, 2.05) is 13.8 Å². The summed E-state index contributed by atoms with van der Waals surface area (Å²) in [5.74, 6) is 0.0192. The predicted octanol–water partition coefficient (Wildman–Crippen LogP) is 3.69. The van der Waals surface area contributed by atoms with E-state index < -0.39 is 28.8 Å². The molecule has 0 aromatic rings. The highest BCUT2D eigenvalue weighted by molar-refractivity contribution is 5.95. The Kier molecular flexibility index (Phi) is 5.85. The number of ketones is 1. The second-order valence-electron chi connectivity index (χ2n) is 12.4. The van der Waals surface area contributed by atoms with Crippen LogP contribution in [0.4, 0.5) is 0 Å². The quantitative estimate of drug-likeness (QED) is 0.494. The summed E-state index contributed by atoms with van der Waals surface area (Å²) >= 11 is 0. The van der Waals surface area contributed by atoms with Gasteiger partial charge >= 0.3 is 0 Å². The Morgan fingerprint density at radius 2 is 1.84 bits per heavy atom. The maximum absolute atomic E-state index is 13.2. The molecule has 0 bridgehead atoms. The lowest BCUT2D eigenvalue weighted by atomic mass is 9.46. The van der Waals surface area contributed by atoms with Crippen molar-refractivity contribution >= 4 is 5.78 Å². The molecular weight excluding hydrogens is 404 g/mol. The summed E-state index contributed by atoms with van der Waals surface area (Å²) in [5, 5.41) is 42.9. The lowest BCUT2D eigenvalue weighted by Crippen LogP contribution is -2.60. The molecule has 0 aliphatic heterocycles. The van der Waals surface area contributed by atoms with Crippen LogP contribution in [0.1, 0.15) is 86.0 Å². The molecule has 0 aromatic heterocycles. The van der Waals surface area contributed by atoms with Crippen LogP contribution in [-0.2, 0) is 4.79 Å². The zero-order chi connectivity index (χ0) is 23.7. The van der Waals surface area contributed by atoms with Crippen LogP contribution in [0, 0.1) is 28.6 Å². The summed E-state index contributed by atoms with van der Waals surface area (Å²) in [4.78, 5) is 13.2. The van der Waals surface area contributed by atoms with Crippen LogP contribution in [0.5, 0.6) is 0 Å². The van der Waals surface area contributed by atoms with Crippen molar-refractivity contribution in [2.75, 3.05) is 0 Å². The smallest absolute Gasteiger partial charge is 0.159 e. The summed E-state index contributed by atoms with van der Waals surface area (Å²) in [7, 11) is 0. The molecule has 0 unspecified atom stereocenters. The number of carbonyl (C=O) groups is 1. The highest BCUT2D eigenvalue weighted by Gasteiger charge is 2.66. The van der Waals surface area contributed by atoms with Crippen molar-refractivity contribution in [2.24, 2.45) is 28.6 Å². The normalized spacial score (nSPS) is 46.9. The summed E-state index contributed by atoms with van der Waals surface area (Å²) in [6.07, 6.45) is 7.79. The molecule has 0 radical (unpaired) electrons. The van der Waals surface area contributed by atoms with E-state index in [1.54, 1.807) is 6.08 Å². The van der Waals surface area contributed by atoms with Crippen LogP contribution < -0.4 is 0 Å². The van der Waals surface area contributed by atoms with Gasteiger partial charge in [-0.15, -0.1) is 0 Å². The third-order valence-electron chi connectivity index (χ3n) is 9.89. The van der Waals surface area contributed by atoms with Crippen LogP contribution >= 0.6 is 0 Å². The second-order valence-corrected chi connectivity index (χ2v) is 12.4. The molecule has 180 valence electrons. The molecule has 0 amide bonds. The molecule has 4 rings (SSSR count).